The van der Waals surface area contributed by atoms with Crippen LogP contribution in [0.5, 0.6) is 0 Å². The fourth-order valence-corrected chi connectivity index (χ4v) is 2.69. The molecule has 1 aromatic heterocycles. The van der Waals surface area contributed by atoms with Crippen molar-refractivity contribution in [2.75, 3.05) is 0 Å². The predicted molar refractivity (Wildman–Crippen MR) is 85.7 cm³/mol. The molecular weight excluding hydrogens is 298 g/mol. The highest BCUT2D eigenvalue weighted by Gasteiger charge is 2.27. The molecule has 1 heterocycles. The van der Waals surface area contributed by atoms with E-state index in [4.69, 9.17) is 4.42 Å². The molecule has 1 aliphatic carbocycles. The zero-order valence-corrected chi connectivity index (χ0v) is 13.7. The number of carbonyl (C=O) groups excluding carboxylic acids is 1. The number of nitrogens with one attached hydrogen (secondary N) is 1. The Morgan fingerprint density at radius 1 is 1.32 bits per heavy atom. The average Bonchev–Trinajstić information content (AvgIpc) is 3.18. The molecule has 1 amide bonds. The first-order valence-corrected chi connectivity index (χ1v) is 8.29. The second-order valence-electron chi connectivity index (χ2n) is 5.72. The fourth-order valence-electron chi connectivity index (χ4n) is 2.00. The third-order valence-corrected chi connectivity index (χ3v) is 4.67. The van der Waals surface area contributed by atoms with Crippen LogP contribution in [0.25, 0.3) is 11.5 Å². The Kier molecular flexibility index (Phi) is 4.20. The van der Waals surface area contributed by atoms with Crippen molar-refractivity contribution in [1.29, 1.82) is 0 Å². The Bertz CT molecular complexity index is 694. The first kappa shape index (κ1) is 15.1. The van der Waals surface area contributed by atoms with Crippen LogP contribution in [0.2, 0.25) is 0 Å². The standard InChI is InChI=1S/C16H19N3O2S/c1-9-4-5-12(8-10(9)2)15-18-19-16(21-15)22-11(3)14(20)17-13-6-7-13/h4-5,8,11,13H,6-7H2,1-3H3,(H,17,20)/t11-/m1/s1. The van der Waals surface area contributed by atoms with Gasteiger partial charge in [-0.25, -0.2) is 0 Å². The average molecular weight is 317 g/mol. The van der Waals surface area contributed by atoms with Crippen LogP contribution in [0.4, 0.5) is 0 Å². The molecule has 0 radical (unpaired) electrons. The molecule has 1 atom stereocenters. The van der Waals surface area contributed by atoms with Gasteiger partial charge in [0.1, 0.15) is 0 Å². The molecule has 1 fully saturated rings. The SMILES string of the molecule is Cc1ccc(-c2nnc(S[C@H](C)C(=O)NC3CC3)o2)cc1C. The van der Waals surface area contributed by atoms with Crippen molar-refractivity contribution < 1.29 is 9.21 Å². The lowest BCUT2D eigenvalue weighted by molar-refractivity contribution is -0.120. The Labute approximate surface area is 133 Å². The summed E-state index contributed by atoms with van der Waals surface area (Å²) in [7, 11) is 0. The summed E-state index contributed by atoms with van der Waals surface area (Å²) in [5.41, 5.74) is 3.31. The van der Waals surface area contributed by atoms with Gasteiger partial charge in [-0.3, -0.25) is 4.79 Å². The Morgan fingerprint density at radius 3 is 2.77 bits per heavy atom. The summed E-state index contributed by atoms with van der Waals surface area (Å²) < 4.78 is 5.67. The van der Waals surface area contributed by atoms with E-state index in [9.17, 15) is 4.79 Å². The lowest BCUT2D eigenvalue weighted by atomic mass is 10.1. The highest BCUT2D eigenvalue weighted by molar-refractivity contribution is 8.00. The van der Waals surface area contributed by atoms with Gasteiger partial charge in [0.05, 0.1) is 5.25 Å². The maximum atomic E-state index is 11.9. The maximum Gasteiger partial charge on any atom is 0.277 e. The summed E-state index contributed by atoms with van der Waals surface area (Å²) in [5.74, 6) is 0.513. The minimum absolute atomic E-state index is 0.0263. The van der Waals surface area contributed by atoms with Crippen molar-refractivity contribution in [1.82, 2.24) is 15.5 Å². The second-order valence-corrected chi connectivity index (χ2v) is 7.01. The second kappa shape index (κ2) is 6.12. The predicted octanol–water partition coefficient (Wildman–Crippen LogP) is 3.11. The summed E-state index contributed by atoms with van der Waals surface area (Å²) in [5, 5.41) is 11.3. The van der Waals surface area contributed by atoms with E-state index in [1.165, 1.54) is 22.9 Å². The van der Waals surface area contributed by atoms with Crippen molar-refractivity contribution in [3.63, 3.8) is 0 Å². The van der Waals surface area contributed by atoms with Crippen LogP contribution in [0.1, 0.15) is 30.9 Å². The first-order valence-electron chi connectivity index (χ1n) is 7.41. The van der Waals surface area contributed by atoms with Gasteiger partial charge in [-0.05, 0) is 56.9 Å². The Morgan fingerprint density at radius 2 is 2.09 bits per heavy atom. The van der Waals surface area contributed by atoms with Gasteiger partial charge < -0.3 is 9.73 Å². The van der Waals surface area contributed by atoms with Gasteiger partial charge in [0.15, 0.2) is 0 Å². The zero-order chi connectivity index (χ0) is 15.7. The Balaban J connectivity index is 1.67. The monoisotopic (exact) mass is 317 g/mol. The number of nitrogens with zero attached hydrogens (tertiary/aromatic N) is 2. The fraction of sp³-hybridized carbons (Fsp3) is 0.438. The number of benzene rings is 1. The van der Waals surface area contributed by atoms with E-state index in [-0.39, 0.29) is 11.2 Å². The van der Waals surface area contributed by atoms with Crippen molar-refractivity contribution in [2.45, 2.75) is 50.1 Å². The molecule has 1 aliphatic rings. The smallest absolute Gasteiger partial charge is 0.277 e. The van der Waals surface area contributed by atoms with Crippen LogP contribution in [0.15, 0.2) is 27.8 Å². The molecule has 0 spiro atoms. The molecule has 0 bridgehead atoms. The lowest BCUT2D eigenvalue weighted by Crippen LogP contribution is -2.32. The molecule has 0 aliphatic heterocycles. The number of aryl methyl sites for hydroxylation is 2. The summed E-state index contributed by atoms with van der Waals surface area (Å²) in [6.07, 6.45) is 2.17. The number of carbonyl (C=O) groups is 1. The maximum absolute atomic E-state index is 11.9. The number of aromatic nitrogens is 2. The molecule has 0 saturated heterocycles. The zero-order valence-electron chi connectivity index (χ0n) is 12.9. The molecular formula is C16H19N3O2S. The summed E-state index contributed by atoms with van der Waals surface area (Å²) in [6, 6.07) is 6.39. The van der Waals surface area contributed by atoms with Gasteiger partial charge >= 0.3 is 0 Å². The molecule has 3 rings (SSSR count). The van der Waals surface area contributed by atoms with E-state index >= 15 is 0 Å². The van der Waals surface area contributed by atoms with Crippen LogP contribution in [0, 0.1) is 13.8 Å². The van der Waals surface area contributed by atoms with Gasteiger partial charge in [-0.1, -0.05) is 17.8 Å². The molecule has 1 saturated carbocycles. The van der Waals surface area contributed by atoms with E-state index in [0.29, 0.717) is 17.2 Å². The number of rotatable bonds is 5. The quantitative estimate of drug-likeness (QED) is 0.858. The molecule has 5 nitrogen and oxygen atoms in total. The van der Waals surface area contributed by atoms with Gasteiger partial charge in [0.2, 0.25) is 11.8 Å². The third kappa shape index (κ3) is 3.50. The molecule has 6 heteroatoms. The van der Waals surface area contributed by atoms with Crippen molar-refractivity contribution >= 4 is 17.7 Å². The van der Waals surface area contributed by atoms with E-state index in [1.807, 2.05) is 25.1 Å². The molecule has 0 unspecified atom stereocenters. The van der Waals surface area contributed by atoms with Gasteiger partial charge in [0, 0.05) is 11.6 Å². The van der Waals surface area contributed by atoms with Gasteiger partial charge in [-0.15, -0.1) is 10.2 Å². The first-order chi connectivity index (χ1) is 10.5. The molecule has 22 heavy (non-hydrogen) atoms. The summed E-state index contributed by atoms with van der Waals surface area (Å²) in [6.45, 7) is 5.96. The minimum Gasteiger partial charge on any atom is -0.411 e. The van der Waals surface area contributed by atoms with E-state index < -0.39 is 0 Å². The lowest BCUT2D eigenvalue weighted by Gasteiger charge is -2.08. The highest BCUT2D eigenvalue weighted by Crippen LogP contribution is 2.28. The summed E-state index contributed by atoms with van der Waals surface area (Å²) in [4.78, 5) is 11.9. The molecule has 2 aromatic rings. The Hall–Kier alpha value is -1.82. The summed E-state index contributed by atoms with van der Waals surface area (Å²) >= 11 is 1.29. The van der Waals surface area contributed by atoms with Crippen LogP contribution in [0.3, 0.4) is 0 Å². The van der Waals surface area contributed by atoms with Crippen molar-refractivity contribution in [2.24, 2.45) is 0 Å². The largest absolute Gasteiger partial charge is 0.411 e. The minimum atomic E-state index is -0.242. The van der Waals surface area contributed by atoms with Crippen molar-refractivity contribution in [3.05, 3.63) is 29.3 Å². The van der Waals surface area contributed by atoms with Gasteiger partial charge in [-0.2, -0.15) is 0 Å². The van der Waals surface area contributed by atoms with Crippen molar-refractivity contribution in [3.8, 4) is 11.5 Å². The van der Waals surface area contributed by atoms with E-state index in [2.05, 4.69) is 29.4 Å². The normalized spacial score (nSPS) is 15.6. The number of hydrogen-bond acceptors (Lipinski definition) is 5. The third-order valence-electron chi connectivity index (χ3n) is 3.73. The van der Waals surface area contributed by atoms with Crippen LogP contribution in [-0.4, -0.2) is 27.4 Å². The highest BCUT2D eigenvalue weighted by atomic mass is 32.2. The van der Waals surface area contributed by atoms with E-state index in [1.54, 1.807) is 0 Å². The van der Waals surface area contributed by atoms with E-state index in [0.717, 1.165) is 18.4 Å². The molecule has 116 valence electrons. The van der Waals surface area contributed by atoms with Crippen LogP contribution < -0.4 is 5.32 Å². The number of amides is 1. The van der Waals surface area contributed by atoms with Gasteiger partial charge in [0.25, 0.3) is 5.22 Å². The number of thioether (sulfide) groups is 1. The molecule has 1 N–H and O–H groups in total. The van der Waals surface area contributed by atoms with Crippen LogP contribution >= 0.6 is 11.8 Å². The number of hydrogen-bond donors (Lipinski definition) is 1. The molecule has 1 aromatic carbocycles. The van der Waals surface area contributed by atoms with Crippen LogP contribution in [-0.2, 0) is 4.79 Å². The topological polar surface area (TPSA) is 68.0 Å².